The quantitative estimate of drug-likeness (QED) is 0.841. The van der Waals surface area contributed by atoms with Crippen LogP contribution in [0.4, 0.5) is 5.69 Å². The molecule has 0 bridgehead atoms. The fraction of sp³-hybridized carbons (Fsp3) is 0.316. The summed E-state index contributed by atoms with van der Waals surface area (Å²) in [6, 6.07) is 11.7. The minimum Gasteiger partial charge on any atom is -0.295 e. The van der Waals surface area contributed by atoms with E-state index in [4.69, 9.17) is 0 Å². The van der Waals surface area contributed by atoms with E-state index in [-0.39, 0.29) is 16.1 Å². The van der Waals surface area contributed by atoms with Gasteiger partial charge >= 0.3 is 0 Å². The van der Waals surface area contributed by atoms with Crippen molar-refractivity contribution in [2.24, 2.45) is 0 Å². The average Bonchev–Trinajstić information content (AvgIpc) is 2.46. The summed E-state index contributed by atoms with van der Waals surface area (Å²) in [6.07, 6.45) is 0. The molecule has 0 atom stereocenters. The van der Waals surface area contributed by atoms with Crippen LogP contribution in [-0.4, -0.2) is 14.2 Å². The summed E-state index contributed by atoms with van der Waals surface area (Å²) in [5.41, 5.74) is 2.53. The zero-order chi connectivity index (χ0) is 18.1. The zero-order valence-corrected chi connectivity index (χ0v) is 15.5. The molecule has 0 saturated carbocycles. The number of nitrogens with one attached hydrogen (secondary N) is 1. The number of ketones is 1. The van der Waals surface area contributed by atoms with Crippen molar-refractivity contribution in [2.75, 3.05) is 4.72 Å². The minimum atomic E-state index is -3.68. The Morgan fingerprint density at radius 2 is 1.58 bits per heavy atom. The Labute approximate surface area is 144 Å². The third-order valence-corrected chi connectivity index (χ3v) is 5.19. The van der Waals surface area contributed by atoms with Gasteiger partial charge in [-0.2, -0.15) is 0 Å². The molecule has 2 rings (SSSR count). The van der Waals surface area contributed by atoms with Crippen LogP contribution < -0.4 is 4.72 Å². The molecule has 0 amide bonds. The summed E-state index contributed by atoms with van der Waals surface area (Å²) in [5, 5.41) is 0. The Bertz CT molecular complexity index is 860. The molecule has 4 nitrogen and oxygen atoms in total. The van der Waals surface area contributed by atoms with Crippen molar-refractivity contribution in [1.29, 1.82) is 0 Å². The molecular formula is C19H23NO3S. The monoisotopic (exact) mass is 345 g/mol. The van der Waals surface area contributed by atoms with Crippen LogP contribution in [0.25, 0.3) is 0 Å². The number of sulfonamides is 1. The molecule has 0 aromatic heterocycles. The van der Waals surface area contributed by atoms with E-state index in [1.165, 1.54) is 6.92 Å². The number of benzene rings is 2. The lowest BCUT2D eigenvalue weighted by molar-refractivity contribution is 0.101. The lowest BCUT2D eigenvalue weighted by Crippen LogP contribution is -2.19. The van der Waals surface area contributed by atoms with Crippen molar-refractivity contribution in [2.45, 2.75) is 44.9 Å². The SMILES string of the molecule is CC(=O)c1ccc(NS(=O)(=O)c2ccc(C)cc2)c(C(C)(C)C)c1. The first-order valence-electron chi connectivity index (χ1n) is 7.76. The largest absolute Gasteiger partial charge is 0.295 e. The molecule has 0 heterocycles. The Hall–Kier alpha value is -2.14. The molecule has 0 saturated heterocycles. The van der Waals surface area contributed by atoms with Crippen LogP contribution in [0.3, 0.4) is 0 Å². The predicted octanol–water partition coefficient (Wildman–Crippen LogP) is 4.30. The third-order valence-electron chi connectivity index (χ3n) is 3.81. The van der Waals surface area contributed by atoms with E-state index >= 15 is 0 Å². The van der Waals surface area contributed by atoms with Gasteiger partial charge in [-0.3, -0.25) is 9.52 Å². The smallest absolute Gasteiger partial charge is 0.261 e. The van der Waals surface area contributed by atoms with E-state index in [1.807, 2.05) is 27.7 Å². The first kappa shape index (κ1) is 18.2. The van der Waals surface area contributed by atoms with Gasteiger partial charge < -0.3 is 0 Å². The average molecular weight is 345 g/mol. The van der Waals surface area contributed by atoms with Gasteiger partial charge in [0.1, 0.15) is 0 Å². The second kappa shape index (κ2) is 6.40. The van der Waals surface area contributed by atoms with E-state index in [0.29, 0.717) is 11.3 Å². The molecule has 0 spiro atoms. The predicted molar refractivity (Wildman–Crippen MR) is 97.1 cm³/mol. The summed E-state index contributed by atoms with van der Waals surface area (Å²) in [4.78, 5) is 11.8. The molecule has 2 aromatic carbocycles. The summed E-state index contributed by atoms with van der Waals surface area (Å²) >= 11 is 0. The van der Waals surface area contributed by atoms with E-state index in [1.54, 1.807) is 42.5 Å². The topological polar surface area (TPSA) is 63.2 Å². The molecule has 0 fully saturated rings. The third kappa shape index (κ3) is 4.03. The maximum Gasteiger partial charge on any atom is 0.261 e. The summed E-state index contributed by atoms with van der Waals surface area (Å²) in [7, 11) is -3.68. The number of hydrogen-bond acceptors (Lipinski definition) is 3. The Kier molecular flexibility index (Phi) is 4.85. The van der Waals surface area contributed by atoms with Gasteiger partial charge in [-0.25, -0.2) is 8.42 Å². The Morgan fingerprint density at radius 1 is 1.00 bits per heavy atom. The first-order chi connectivity index (χ1) is 11.0. The summed E-state index contributed by atoms with van der Waals surface area (Å²) in [6.45, 7) is 9.35. The zero-order valence-electron chi connectivity index (χ0n) is 14.7. The van der Waals surface area contributed by atoms with E-state index in [2.05, 4.69) is 4.72 Å². The van der Waals surface area contributed by atoms with Crippen molar-refractivity contribution in [3.8, 4) is 0 Å². The molecule has 0 aliphatic rings. The lowest BCUT2D eigenvalue weighted by atomic mass is 9.84. The van der Waals surface area contributed by atoms with Crippen LogP contribution in [0.1, 0.15) is 49.2 Å². The van der Waals surface area contributed by atoms with Crippen LogP contribution in [0.5, 0.6) is 0 Å². The molecule has 1 N–H and O–H groups in total. The number of aryl methyl sites for hydroxylation is 1. The van der Waals surface area contributed by atoms with Crippen LogP contribution in [0, 0.1) is 6.92 Å². The van der Waals surface area contributed by atoms with Gasteiger partial charge in [0.25, 0.3) is 10.0 Å². The van der Waals surface area contributed by atoms with Gasteiger partial charge in [0.05, 0.1) is 10.6 Å². The molecular weight excluding hydrogens is 322 g/mol. The maximum atomic E-state index is 12.6. The molecule has 0 radical (unpaired) electrons. The lowest BCUT2D eigenvalue weighted by Gasteiger charge is -2.24. The number of Topliss-reactive ketones (excluding diaryl/α,β-unsaturated/α-hetero) is 1. The minimum absolute atomic E-state index is 0.0477. The number of carbonyl (C=O) groups excluding carboxylic acids is 1. The fourth-order valence-corrected chi connectivity index (χ4v) is 3.47. The standard InChI is InChI=1S/C19H23NO3S/c1-13-6-9-16(10-7-13)24(22,23)20-18-11-8-15(14(2)21)12-17(18)19(3,4)5/h6-12,20H,1-5H3. The molecule has 128 valence electrons. The highest BCUT2D eigenvalue weighted by Crippen LogP contribution is 2.32. The molecule has 0 aliphatic heterocycles. The van der Waals surface area contributed by atoms with Crippen molar-refractivity contribution in [3.63, 3.8) is 0 Å². The second-order valence-electron chi connectivity index (χ2n) is 6.99. The number of hydrogen-bond donors (Lipinski definition) is 1. The fourth-order valence-electron chi connectivity index (χ4n) is 2.39. The molecule has 5 heteroatoms. The van der Waals surface area contributed by atoms with Crippen LogP contribution >= 0.6 is 0 Å². The van der Waals surface area contributed by atoms with Crippen LogP contribution in [0.15, 0.2) is 47.4 Å². The van der Waals surface area contributed by atoms with Gasteiger partial charge in [-0.15, -0.1) is 0 Å². The normalized spacial score (nSPS) is 12.0. The van der Waals surface area contributed by atoms with Crippen molar-refractivity contribution >= 4 is 21.5 Å². The number of carbonyl (C=O) groups is 1. The van der Waals surface area contributed by atoms with E-state index in [9.17, 15) is 13.2 Å². The van der Waals surface area contributed by atoms with Gasteiger partial charge in [-0.1, -0.05) is 38.5 Å². The van der Waals surface area contributed by atoms with Gasteiger partial charge in [-0.05, 0) is 55.2 Å². The molecule has 24 heavy (non-hydrogen) atoms. The Balaban J connectivity index is 2.49. The summed E-state index contributed by atoms with van der Waals surface area (Å²) in [5.74, 6) is -0.0477. The molecule has 0 unspecified atom stereocenters. The van der Waals surface area contributed by atoms with Gasteiger partial charge in [0, 0.05) is 5.56 Å². The molecule has 0 aliphatic carbocycles. The van der Waals surface area contributed by atoms with Gasteiger partial charge in [0.2, 0.25) is 0 Å². The van der Waals surface area contributed by atoms with E-state index < -0.39 is 10.0 Å². The highest BCUT2D eigenvalue weighted by Gasteiger charge is 2.23. The van der Waals surface area contributed by atoms with E-state index in [0.717, 1.165) is 11.1 Å². The van der Waals surface area contributed by atoms with Crippen LogP contribution in [0.2, 0.25) is 0 Å². The van der Waals surface area contributed by atoms with Crippen LogP contribution in [-0.2, 0) is 15.4 Å². The highest BCUT2D eigenvalue weighted by molar-refractivity contribution is 7.92. The van der Waals surface area contributed by atoms with Crippen molar-refractivity contribution in [3.05, 3.63) is 59.2 Å². The first-order valence-corrected chi connectivity index (χ1v) is 9.24. The number of anilines is 1. The number of rotatable bonds is 4. The maximum absolute atomic E-state index is 12.6. The summed E-state index contributed by atoms with van der Waals surface area (Å²) < 4.78 is 27.9. The molecule has 2 aromatic rings. The Morgan fingerprint density at radius 3 is 2.08 bits per heavy atom. The van der Waals surface area contributed by atoms with Crippen molar-refractivity contribution in [1.82, 2.24) is 0 Å². The van der Waals surface area contributed by atoms with Gasteiger partial charge in [0.15, 0.2) is 5.78 Å². The second-order valence-corrected chi connectivity index (χ2v) is 8.67. The highest BCUT2D eigenvalue weighted by atomic mass is 32.2. The van der Waals surface area contributed by atoms with Crippen molar-refractivity contribution < 1.29 is 13.2 Å².